The van der Waals surface area contributed by atoms with Gasteiger partial charge < -0.3 is 30.6 Å². The number of rotatable bonds is 8. The van der Waals surface area contributed by atoms with E-state index in [1.807, 2.05) is 48.5 Å². The molecule has 0 amide bonds. The van der Waals surface area contributed by atoms with Gasteiger partial charge in [0.25, 0.3) is 0 Å². The summed E-state index contributed by atoms with van der Waals surface area (Å²) in [6, 6.07) is 27.5. The van der Waals surface area contributed by atoms with Gasteiger partial charge in [0.2, 0.25) is 0 Å². The number of nitrogens with zero attached hydrogens (tertiary/aromatic N) is 4. The second-order valence-corrected chi connectivity index (χ2v) is 8.73. The summed E-state index contributed by atoms with van der Waals surface area (Å²) in [4.78, 5) is 0. The van der Waals surface area contributed by atoms with Crippen LogP contribution in [-0.4, -0.2) is 38.4 Å². The third-order valence-electron chi connectivity index (χ3n) is 5.12. The van der Waals surface area contributed by atoms with Gasteiger partial charge in [-0.2, -0.15) is 20.4 Å². The van der Waals surface area contributed by atoms with Crippen LogP contribution in [0.2, 0.25) is 10.0 Å². The van der Waals surface area contributed by atoms with Gasteiger partial charge in [-0.3, -0.25) is 0 Å². The molecule has 0 radical (unpaired) electrons. The molecule has 0 saturated heterocycles. The first-order chi connectivity index (χ1) is 19.4. The Bertz CT molecular complexity index is 1370. The Balaban J connectivity index is 0.000000767. The molecule has 13 heteroatoms. The standard InChI is InChI=1S/2C15H13ClN2O2.Ni.2H2O/c2*1-20-14-8-2-11(3-9-14)10-17-18-15(19)12-4-6-13(16)7-5-12;;;/h2*2-10H,1H3,(H,18,19);;2*1H2/q;;+2;;/b2*17-10-;;;. The summed E-state index contributed by atoms with van der Waals surface area (Å²) in [5.74, 6) is 0.700. The van der Waals surface area contributed by atoms with E-state index in [1.165, 1.54) is 12.4 Å². The molecule has 0 heterocycles. The van der Waals surface area contributed by atoms with Crippen LogP contribution in [0.5, 0.6) is 11.5 Å². The van der Waals surface area contributed by atoms with Crippen molar-refractivity contribution in [1.82, 2.24) is 0 Å². The van der Waals surface area contributed by atoms with Crippen LogP contribution < -0.4 is 19.7 Å². The summed E-state index contributed by atoms with van der Waals surface area (Å²) < 4.78 is 10.1. The summed E-state index contributed by atoms with van der Waals surface area (Å²) in [6.07, 6.45) is 3.01. The Morgan fingerprint density at radius 2 is 0.860 bits per heavy atom. The van der Waals surface area contributed by atoms with Crippen LogP contribution in [-0.2, 0) is 27.4 Å². The van der Waals surface area contributed by atoms with Gasteiger partial charge in [-0.25, -0.2) is 0 Å². The summed E-state index contributed by atoms with van der Waals surface area (Å²) in [7, 11) is 3.20. The van der Waals surface area contributed by atoms with Crippen LogP contribution in [0.4, 0.5) is 0 Å². The average molecular weight is 672 g/mol. The number of halogens is 2. The van der Waals surface area contributed by atoms with E-state index >= 15 is 0 Å². The molecule has 4 aromatic rings. The molecule has 43 heavy (non-hydrogen) atoms. The van der Waals surface area contributed by atoms with E-state index in [0.29, 0.717) is 21.2 Å². The molecule has 0 unspecified atom stereocenters. The Morgan fingerprint density at radius 3 is 1.14 bits per heavy atom. The first-order valence-corrected chi connectivity index (χ1v) is 12.5. The average Bonchev–Trinajstić information content (AvgIpc) is 2.99. The van der Waals surface area contributed by atoms with E-state index in [0.717, 1.165) is 22.6 Å². The van der Waals surface area contributed by atoms with Crippen molar-refractivity contribution in [2.24, 2.45) is 20.4 Å². The van der Waals surface area contributed by atoms with Crippen molar-refractivity contribution in [3.05, 3.63) is 129 Å². The van der Waals surface area contributed by atoms with Crippen LogP contribution in [0.25, 0.3) is 0 Å². The Kier molecular flexibility index (Phi) is 18.6. The van der Waals surface area contributed by atoms with Gasteiger partial charge in [-0.05, 0) is 95.1 Å². The van der Waals surface area contributed by atoms with Crippen LogP contribution in [0, 0.1) is 0 Å². The summed E-state index contributed by atoms with van der Waals surface area (Å²) in [5.41, 5.74) is 2.56. The second kappa shape index (κ2) is 20.6. The Hall–Kier alpha value is -4.25. The van der Waals surface area contributed by atoms with Crippen molar-refractivity contribution in [3.63, 3.8) is 0 Å². The minimum absolute atomic E-state index is 0. The van der Waals surface area contributed by atoms with Gasteiger partial charge in [0, 0.05) is 21.8 Å². The zero-order valence-corrected chi connectivity index (χ0v) is 25.5. The first kappa shape index (κ1) is 38.8. The molecule has 228 valence electrons. The smallest absolute Gasteiger partial charge is 0.857 e. The molecular weight excluding hydrogens is 642 g/mol. The molecule has 10 nitrogen and oxygen atoms in total. The van der Waals surface area contributed by atoms with Gasteiger partial charge in [0.1, 0.15) is 11.5 Å². The molecule has 4 rings (SSSR count). The van der Waals surface area contributed by atoms with E-state index in [2.05, 4.69) is 20.4 Å². The normalized spacial score (nSPS) is 11.0. The second-order valence-electron chi connectivity index (χ2n) is 7.86. The minimum Gasteiger partial charge on any atom is -0.857 e. The number of methoxy groups -OCH3 is 2. The predicted molar refractivity (Wildman–Crippen MR) is 167 cm³/mol. The maximum absolute atomic E-state index is 11.7. The first-order valence-electron chi connectivity index (χ1n) is 11.7. The SMILES string of the molecule is COc1ccc(/C=N\N=C(/[O-])c2ccc(Cl)cc2)cc1.COc1ccc(/C=N\N=C(/[O-])c2ccc(Cl)cc2)cc1.[Ni+2].[OH3+].[OH3+]. The van der Waals surface area contributed by atoms with E-state index in [1.54, 1.807) is 62.8 Å². The molecule has 0 aromatic heterocycles. The molecule has 0 aliphatic carbocycles. The van der Waals surface area contributed by atoms with Crippen molar-refractivity contribution < 1.29 is 47.1 Å². The molecule has 6 N–H and O–H groups in total. The molecule has 0 bridgehead atoms. The van der Waals surface area contributed by atoms with Crippen LogP contribution >= 0.6 is 23.2 Å². The molecule has 0 aliphatic rings. The largest absolute Gasteiger partial charge is 2.00 e. The van der Waals surface area contributed by atoms with E-state index < -0.39 is 11.8 Å². The third-order valence-corrected chi connectivity index (χ3v) is 5.63. The van der Waals surface area contributed by atoms with E-state index in [9.17, 15) is 10.2 Å². The fourth-order valence-electron chi connectivity index (χ4n) is 2.98. The van der Waals surface area contributed by atoms with Gasteiger partial charge in [-0.15, -0.1) is 0 Å². The van der Waals surface area contributed by atoms with Gasteiger partial charge >= 0.3 is 16.5 Å². The summed E-state index contributed by atoms with van der Waals surface area (Å²) in [5, 5.41) is 39.3. The fraction of sp³-hybridized carbons (Fsp3) is 0.0667. The maximum atomic E-state index is 11.7. The van der Waals surface area contributed by atoms with Crippen molar-refractivity contribution in [2.45, 2.75) is 0 Å². The minimum atomic E-state index is -0.411. The third kappa shape index (κ3) is 13.5. The molecule has 0 saturated carbocycles. The zero-order valence-electron chi connectivity index (χ0n) is 23.0. The van der Waals surface area contributed by atoms with E-state index in [-0.39, 0.29) is 27.4 Å². The zero-order chi connectivity index (χ0) is 28.7. The Morgan fingerprint density at radius 1 is 0.558 bits per heavy atom. The number of hydrogen-bond donors (Lipinski definition) is 0. The molecule has 0 aliphatic heterocycles. The molecule has 4 aromatic carbocycles. The van der Waals surface area contributed by atoms with Gasteiger partial charge in [-0.1, -0.05) is 47.5 Å². The van der Waals surface area contributed by atoms with Crippen LogP contribution in [0.1, 0.15) is 22.3 Å². The van der Waals surface area contributed by atoms with Crippen molar-refractivity contribution >= 4 is 47.4 Å². The number of ether oxygens (including phenoxy) is 2. The maximum Gasteiger partial charge on any atom is 2.00 e. The predicted octanol–water partition coefficient (Wildman–Crippen LogP) is 3.13. The molecule has 0 spiro atoms. The van der Waals surface area contributed by atoms with Crippen LogP contribution in [0.15, 0.2) is 117 Å². The summed E-state index contributed by atoms with van der Waals surface area (Å²) >= 11 is 11.5. The quantitative estimate of drug-likeness (QED) is 0.0918. The molecule has 0 fully saturated rings. The van der Waals surface area contributed by atoms with Gasteiger partial charge in [0.05, 0.1) is 26.6 Å². The van der Waals surface area contributed by atoms with Crippen molar-refractivity contribution in [3.8, 4) is 11.5 Å². The van der Waals surface area contributed by atoms with Gasteiger partial charge in [0.15, 0.2) is 0 Å². The van der Waals surface area contributed by atoms with Crippen LogP contribution in [0.3, 0.4) is 0 Å². The Labute approximate surface area is 269 Å². The van der Waals surface area contributed by atoms with Crippen molar-refractivity contribution in [1.29, 1.82) is 0 Å². The number of hydrogen-bond acceptors (Lipinski definition) is 8. The number of benzene rings is 4. The van der Waals surface area contributed by atoms with E-state index in [4.69, 9.17) is 32.7 Å². The van der Waals surface area contributed by atoms with Crippen molar-refractivity contribution in [2.75, 3.05) is 14.2 Å². The molecule has 0 atom stereocenters. The topological polar surface area (TPSA) is 180 Å². The monoisotopic (exact) mass is 670 g/mol. The summed E-state index contributed by atoms with van der Waals surface area (Å²) in [6.45, 7) is 0. The molecular formula is C30H30Cl2N4NiO6+2. The fourth-order valence-corrected chi connectivity index (χ4v) is 3.23.